The van der Waals surface area contributed by atoms with Gasteiger partial charge >= 0.3 is 0 Å². The highest BCUT2D eigenvalue weighted by molar-refractivity contribution is 6.09. The van der Waals surface area contributed by atoms with Crippen LogP contribution in [-0.4, -0.2) is 9.97 Å². The molecule has 1 heterocycles. The second kappa shape index (κ2) is 12.3. The van der Waals surface area contributed by atoms with Gasteiger partial charge in [0.05, 0.1) is 11.4 Å². The molecule has 9 aromatic rings. The predicted molar refractivity (Wildman–Crippen MR) is 222 cm³/mol. The molecular weight excluding hydrogens is 641 g/mol. The molecule has 0 radical (unpaired) electrons. The molecule has 0 unspecified atom stereocenters. The Balaban J connectivity index is 1.15. The molecule has 0 fully saturated rings. The van der Waals surface area contributed by atoms with E-state index in [1.165, 1.54) is 66.1 Å². The average molecular weight is 677 g/mol. The zero-order valence-electron chi connectivity index (χ0n) is 29.7. The third kappa shape index (κ3) is 5.18. The molecule has 1 aromatic heterocycles. The Kier molecular flexibility index (Phi) is 7.19. The molecule has 8 aromatic carbocycles. The van der Waals surface area contributed by atoms with Crippen molar-refractivity contribution in [3.8, 4) is 67.3 Å². The van der Waals surface area contributed by atoms with Crippen molar-refractivity contribution < 1.29 is 0 Å². The Bertz CT molecular complexity index is 2780. The quantitative estimate of drug-likeness (QED) is 0.181. The highest BCUT2D eigenvalue weighted by atomic mass is 14.9. The summed E-state index contributed by atoms with van der Waals surface area (Å²) < 4.78 is 0. The summed E-state index contributed by atoms with van der Waals surface area (Å²) in [7, 11) is 0. The number of aromatic nitrogens is 2. The summed E-state index contributed by atoms with van der Waals surface area (Å²) in [6.45, 7) is 4.75. The van der Waals surface area contributed by atoms with E-state index in [9.17, 15) is 0 Å². The molecule has 1 aliphatic carbocycles. The second-order valence-electron chi connectivity index (χ2n) is 14.6. The summed E-state index contributed by atoms with van der Waals surface area (Å²) >= 11 is 0. The van der Waals surface area contributed by atoms with Crippen LogP contribution in [0.2, 0.25) is 0 Å². The highest BCUT2D eigenvalue weighted by Crippen LogP contribution is 2.54. The summed E-state index contributed by atoms with van der Waals surface area (Å²) in [6.07, 6.45) is 0. The van der Waals surface area contributed by atoms with Crippen LogP contribution in [0.15, 0.2) is 182 Å². The summed E-state index contributed by atoms with van der Waals surface area (Å²) in [5, 5.41) is 5.05. The number of hydrogen-bond donors (Lipinski definition) is 0. The van der Waals surface area contributed by atoms with Crippen LogP contribution >= 0.6 is 0 Å². The van der Waals surface area contributed by atoms with E-state index in [1.54, 1.807) is 0 Å². The topological polar surface area (TPSA) is 25.8 Å². The Hall–Kier alpha value is -6.64. The molecule has 1 aliphatic rings. The smallest absolute Gasteiger partial charge is 0.160 e. The van der Waals surface area contributed by atoms with E-state index in [2.05, 4.69) is 172 Å². The average Bonchev–Trinajstić information content (AvgIpc) is 3.45. The Labute approximate surface area is 310 Å². The summed E-state index contributed by atoms with van der Waals surface area (Å²) in [5.74, 6) is 0.719. The van der Waals surface area contributed by atoms with Crippen LogP contribution in [-0.2, 0) is 5.41 Å². The van der Waals surface area contributed by atoms with Crippen molar-refractivity contribution in [1.29, 1.82) is 0 Å². The zero-order chi connectivity index (χ0) is 35.5. The standard InChI is InChI=1S/C51H36N2/c1-51(2)44-23-13-22-42(49(44)43-30-38-19-9-10-20-39(38)31-45(43)51)48-40-21-12-11-14-33(40)28-29-41(48)34-24-26-36(27-25-34)47-32-46(35-15-5-3-6-16-35)52-50(53-47)37-17-7-4-8-18-37/h3-32H,1-2H3. The lowest BCUT2D eigenvalue weighted by Crippen LogP contribution is -2.14. The van der Waals surface area contributed by atoms with E-state index in [1.807, 2.05) is 24.3 Å². The third-order valence-corrected chi connectivity index (χ3v) is 11.1. The Morgan fingerprint density at radius 3 is 1.66 bits per heavy atom. The van der Waals surface area contributed by atoms with Crippen LogP contribution in [0.4, 0.5) is 0 Å². The van der Waals surface area contributed by atoms with Gasteiger partial charge < -0.3 is 0 Å². The lowest BCUT2D eigenvalue weighted by Gasteiger charge is -2.22. The molecule has 0 bridgehead atoms. The molecular formula is C51H36N2. The molecule has 0 saturated heterocycles. The molecule has 0 saturated carbocycles. The van der Waals surface area contributed by atoms with E-state index in [0.29, 0.717) is 0 Å². The van der Waals surface area contributed by atoms with E-state index in [-0.39, 0.29) is 5.41 Å². The van der Waals surface area contributed by atoms with Gasteiger partial charge in [0.1, 0.15) is 0 Å². The first kappa shape index (κ1) is 31.1. The molecule has 2 heteroatoms. The highest BCUT2D eigenvalue weighted by Gasteiger charge is 2.37. The Morgan fingerprint density at radius 2 is 0.943 bits per heavy atom. The summed E-state index contributed by atoms with van der Waals surface area (Å²) in [5.41, 5.74) is 15.2. The van der Waals surface area contributed by atoms with Gasteiger partial charge in [0.2, 0.25) is 0 Å². The summed E-state index contributed by atoms with van der Waals surface area (Å²) in [4.78, 5) is 10.1. The maximum Gasteiger partial charge on any atom is 0.160 e. The minimum Gasteiger partial charge on any atom is -0.228 e. The van der Waals surface area contributed by atoms with E-state index >= 15 is 0 Å². The van der Waals surface area contributed by atoms with Gasteiger partial charge in [-0.3, -0.25) is 0 Å². The zero-order valence-corrected chi connectivity index (χ0v) is 29.7. The molecule has 10 rings (SSSR count). The number of rotatable bonds is 5. The fourth-order valence-corrected chi connectivity index (χ4v) is 8.37. The molecule has 0 aliphatic heterocycles. The molecule has 0 spiro atoms. The van der Waals surface area contributed by atoms with Crippen molar-refractivity contribution in [3.05, 3.63) is 193 Å². The molecule has 53 heavy (non-hydrogen) atoms. The van der Waals surface area contributed by atoms with Crippen molar-refractivity contribution in [2.75, 3.05) is 0 Å². The first-order chi connectivity index (χ1) is 26.0. The van der Waals surface area contributed by atoms with Gasteiger partial charge in [0, 0.05) is 22.1 Å². The molecule has 2 nitrogen and oxygen atoms in total. The molecule has 0 atom stereocenters. The Morgan fingerprint density at radius 1 is 0.358 bits per heavy atom. The van der Waals surface area contributed by atoms with Gasteiger partial charge in [-0.15, -0.1) is 0 Å². The lowest BCUT2D eigenvalue weighted by atomic mass is 9.81. The van der Waals surface area contributed by atoms with Crippen LogP contribution in [0, 0.1) is 0 Å². The minimum absolute atomic E-state index is 0.119. The van der Waals surface area contributed by atoms with Crippen molar-refractivity contribution in [2.45, 2.75) is 19.3 Å². The minimum atomic E-state index is -0.119. The number of fused-ring (bicyclic) bond motifs is 5. The first-order valence-electron chi connectivity index (χ1n) is 18.3. The van der Waals surface area contributed by atoms with Gasteiger partial charge in [-0.2, -0.15) is 0 Å². The van der Waals surface area contributed by atoms with Crippen molar-refractivity contribution in [3.63, 3.8) is 0 Å². The van der Waals surface area contributed by atoms with Crippen LogP contribution in [0.1, 0.15) is 25.0 Å². The number of hydrogen-bond acceptors (Lipinski definition) is 2. The van der Waals surface area contributed by atoms with E-state index < -0.39 is 0 Å². The molecule has 250 valence electrons. The van der Waals surface area contributed by atoms with Crippen molar-refractivity contribution in [2.24, 2.45) is 0 Å². The fourth-order valence-electron chi connectivity index (χ4n) is 8.37. The number of nitrogens with zero attached hydrogens (tertiary/aromatic N) is 2. The molecule has 0 amide bonds. The van der Waals surface area contributed by atoms with Crippen LogP contribution < -0.4 is 0 Å². The van der Waals surface area contributed by atoms with Crippen molar-refractivity contribution in [1.82, 2.24) is 9.97 Å². The van der Waals surface area contributed by atoms with Gasteiger partial charge in [-0.25, -0.2) is 9.97 Å². The number of benzene rings is 8. The summed E-state index contributed by atoms with van der Waals surface area (Å²) in [6, 6.07) is 65.5. The maximum absolute atomic E-state index is 5.09. The van der Waals surface area contributed by atoms with E-state index in [0.717, 1.165) is 33.9 Å². The van der Waals surface area contributed by atoms with Crippen LogP contribution in [0.5, 0.6) is 0 Å². The lowest BCUT2D eigenvalue weighted by molar-refractivity contribution is 0.661. The fraction of sp³-hybridized carbons (Fsp3) is 0.0588. The normalized spacial score (nSPS) is 12.9. The SMILES string of the molecule is CC1(C)c2cc3ccccc3cc2-c2c(-c3c(-c4ccc(-c5cc(-c6ccccc6)nc(-c6ccccc6)n5)cc4)ccc4ccccc34)cccc21. The van der Waals surface area contributed by atoms with Crippen LogP contribution in [0.3, 0.4) is 0 Å². The maximum atomic E-state index is 5.09. The van der Waals surface area contributed by atoms with Gasteiger partial charge in [-0.1, -0.05) is 178 Å². The first-order valence-corrected chi connectivity index (χ1v) is 18.3. The monoisotopic (exact) mass is 676 g/mol. The van der Waals surface area contributed by atoms with Gasteiger partial charge in [-0.05, 0) is 84.3 Å². The van der Waals surface area contributed by atoms with Crippen molar-refractivity contribution >= 4 is 21.5 Å². The second-order valence-corrected chi connectivity index (χ2v) is 14.6. The van der Waals surface area contributed by atoms with E-state index in [4.69, 9.17) is 9.97 Å². The van der Waals surface area contributed by atoms with Crippen LogP contribution in [0.25, 0.3) is 88.8 Å². The third-order valence-electron chi connectivity index (χ3n) is 11.1. The van der Waals surface area contributed by atoms with Gasteiger partial charge in [0.15, 0.2) is 5.82 Å². The molecule has 0 N–H and O–H groups in total. The largest absolute Gasteiger partial charge is 0.228 e. The predicted octanol–water partition coefficient (Wildman–Crippen LogP) is 13.4. The van der Waals surface area contributed by atoms with Gasteiger partial charge in [0.25, 0.3) is 0 Å².